The molecule has 1 atom stereocenters. The zero-order valence-corrected chi connectivity index (χ0v) is 14.3. The number of halogens is 1. The molecule has 1 aromatic heterocycles. The van der Waals surface area contributed by atoms with Crippen LogP contribution in [0.15, 0.2) is 23.2 Å². The summed E-state index contributed by atoms with van der Waals surface area (Å²) in [4.78, 5) is 4.23. The molecule has 128 valence electrons. The molecule has 0 spiro atoms. The Balaban J connectivity index is 1.61. The monoisotopic (exact) mass is 330 g/mol. The minimum Gasteiger partial charge on any atom is -0.350 e. The highest BCUT2D eigenvalue weighted by Crippen LogP contribution is 2.16. The Bertz CT molecular complexity index is 752. The molecule has 7 heteroatoms. The first-order valence-electron chi connectivity index (χ1n) is 8.22. The van der Waals surface area contributed by atoms with Gasteiger partial charge in [-0.25, -0.2) is 4.39 Å². The first kappa shape index (κ1) is 16.4. The average molecular weight is 330 g/mol. The molecule has 0 aliphatic carbocycles. The van der Waals surface area contributed by atoms with Crippen molar-refractivity contribution < 1.29 is 4.39 Å². The van der Waals surface area contributed by atoms with Crippen LogP contribution in [0.2, 0.25) is 0 Å². The maximum Gasteiger partial charge on any atom is 0.191 e. The van der Waals surface area contributed by atoms with E-state index in [1.807, 2.05) is 13.0 Å². The summed E-state index contributed by atoms with van der Waals surface area (Å²) in [5, 5.41) is 14.9. The van der Waals surface area contributed by atoms with E-state index in [4.69, 9.17) is 0 Å². The SMILES string of the molecule is CN=C(NCc1nnc2n1CCC2)NC(C)c1ccc(C)c(F)c1. The van der Waals surface area contributed by atoms with E-state index in [9.17, 15) is 4.39 Å². The number of hydrogen-bond acceptors (Lipinski definition) is 3. The Labute approximate surface area is 141 Å². The van der Waals surface area contributed by atoms with Gasteiger partial charge in [-0.05, 0) is 37.5 Å². The third kappa shape index (κ3) is 3.39. The molecule has 0 amide bonds. The van der Waals surface area contributed by atoms with Crippen LogP contribution in [0, 0.1) is 12.7 Å². The van der Waals surface area contributed by atoms with Crippen LogP contribution in [-0.4, -0.2) is 27.8 Å². The Kier molecular flexibility index (Phi) is 4.78. The molecule has 24 heavy (non-hydrogen) atoms. The third-order valence-corrected chi connectivity index (χ3v) is 4.37. The molecule has 0 fully saturated rings. The fraction of sp³-hybridized carbons (Fsp3) is 0.471. The van der Waals surface area contributed by atoms with Crippen LogP contribution in [0.5, 0.6) is 0 Å². The van der Waals surface area contributed by atoms with Gasteiger partial charge in [0.05, 0.1) is 12.6 Å². The van der Waals surface area contributed by atoms with Gasteiger partial charge in [0.1, 0.15) is 11.6 Å². The second-order valence-corrected chi connectivity index (χ2v) is 6.09. The number of rotatable bonds is 4. The maximum atomic E-state index is 13.7. The zero-order chi connectivity index (χ0) is 17.1. The van der Waals surface area contributed by atoms with Gasteiger partial charge in [-0.1, -0.05) is 12.1 Å². The molecule has 1 aromatic carbocycles. The van der Waals surface area contributed by atoms with E-state index in [0.717, 1.165) is 36.6 Å². The summed E-state index contributed by atoms with van der Waals surface area (Å²) < 4.78 is 15.9. The highest BCUT2D eigenvalue weighted by atomic mass is 19.1. The van der Waals surface area contributed by atoms with Crippen LogP contribution in [0.25, 0.3) is 0 Å². The number of nitrogens with zero attached hydrogens (tertiary/aromatic N) is 4. The highest BCUT2D eigenvalue weighted by molar-refractivity contribution is 5.80. The Hall–Kier alpha value is -2.44. The maximum absolute atomic E-state index is 13.7. The molecule has 0 radical (unpaired) electrons. The Morgan fingerprint density at radius 3 is 3.00 bits per heavy atom. The second-order valence-electron chi connectivity index (χ2n) is 6.09. The van der Waals surface area contributed by atoms with Crippen molar-refractivity contribution in [1.29, 1.82) is 0 Å². The summed E-state index contributed by atoms with van der Waals surface area (Å²) in [6.07, 6.45) is 2.12. The fourth-order valence-corrected chi connectivity index (χ4v) is 2.87. The van der Waals surface area contributed by atoms with E-state index in [-0.39, 0.29) is 11.9 Å². The van der Waals surface area contributed by atoms with E-state index in [1.165, 1.54) is 0 Å². The van der Waals surface area contributed by atoms with Gasteiger partial charge >= 0.3 is 0 Å². The molecular formula is C17H23FN6. The number of aryl methyl sites for hydroxylation is 2. The summed E-state index contributed by atoms with van der Waals surface area (Å²) >= 11 is 0. The van der Waals surface area contributed by atoms with E-state index >= 15 is 0 Å². The molecule has 2 heterocycles. The number of benzene rings is 1. The fourth-order valence-electron chi connectivity index (χ4n) is 2.87. The van der Waals surface area contributed by atoms with Gasteiger partial charge in [0.25, 0.3) is 0 Å². The van der Waals surface area contributed by atoms with Gasteiger partial charge in [-0.3, -0.25) is 4.99 Å². The van der Waals surface area contributed by atoms with Crippen LogP contribution < -0.4 is 10.6 Å². The number of aliphatic imine (C=N–C) groups is 1. The van der Waals surface area contributed by atoms with Crippen molar-refractivity contribution in [3.63, 3.8) is 0 Å². The topological polar surface area (TPSA) is 67.1 Å². The minimum absolute atomic E-state index is 0.0598. The van der Waals surface area contributed by atoms with E-state index in [1.54, 1.807) is 26.1 Å². The first-order chi connectivity index (χ1) is 11.6. The van der Waals surface area contributed by atoms with Crippen LogP contribution in [0.3, 0.4) is 0 Å². The minimum atomic E-state index is -0.192. The second kappa shape index (κ2) is 6.98. The summed E-state index contributed by atoms with van der Waals surface area (Å²) in [5.74, 6) is 2.43. The van der Waals surface area contributed by atoms with Crippen LogP contribution in [-0.2, 0) is 19.5 Å². The first-order valence-corrected chi connectivity index (χ1v) is 8.22. The predicted octanol–water partition coefficient (Wildman–Crippen LogP) is 2.10. The molecule has 3 rings (SSSR count). The van der Waals surface area contributed by atoms with Crippen LogP contribution in [0.4, 0.5) is 4.39 Å². The van der Waals surface area contributed by atoms with Gasteiger partial charge in [-0.15, -0.1) is 10.2 Å². The van der Waals surface area contributed by atoms with Crippen LogP contribution >= 0.6 is 0 Å². The van der Waals surface area contributed by atoms with Gasteiger partial charge in [0.2, 0.25) is 0 Å². The summed E-state index contributed by atoms with van der Waals surface area (Å²) in [6, 6.07) is 5.22. The van der Waals surface area contributed by atoms with Crippen molar-refractivity contribution in [1.82, 2.24) is 25.4 Å². The predicted molar refractivity (Wildman–Crippen MR) is 91.2 cm³/mol. The molecule has 0 saturated heterocycles. The van der Waals surface area contributed by atoms with E-state index in [2.05, 4.69) is 30.4 Å². The van der Waals surface area contributed by atoms with Gasteiger partial charge in [0.15, 0.2) is 11.8 Å². The van der Waals surface area contributed by atoms with Crippen molar-refractivity contribution in [3.05, 3.63) is 46.8 Å². The molecule has 2 N–H and O–H groups in total. The van der Waals surface area contributed by atoms with Gasteiger partial charge in [0, 0.05) is 20.0 Å². The Morgan fingerprint density at radius 2 is 2.25 bits per heavy atom. The normalized spacial score (nSPS) is 15.2. The van der Waals surface area contributed by atoms with Crippen molar-refractivity contribution in [2.24, 2.45) is 4.99 Å². The molecule has 1 aliphatic heterocycles. The quantitative estimate of drug-likeness (QED) is 0.665. The van der Waals surface area contributed by atoms with Crippen molar-refractivity contribution in [2.75, 3.05) is 7.05 Å². The lowest BCUT2D eigenvalue weighted by molar-refractivity contribution is 0.606. The summed E-state index contributed by atoms with van der Waals surface area (Å²) in [6.45, 7) is 5.27. The number of guanidine groups is 1. The molecule has 0 saturated carbocycles. The Morgan fingerprint density at radius 1 is 1.42 bits per heavy atom. The molecule has 1 unspecified atom stereocenters. The summed E-state index contributed by atoms with van der Waals surface area (Å²) in [7, 11) is 1.71. The third-order valence-electron chi connectivity index (χ3n) is 4.37. The largest absolute Gasteiger partial charge is 0.350 e. The lowest BCUT2D eigenvalue weighted by atomic mass is 10.1. The standard InChI is InChI=1S/C17H23FN6/c1-11-6-7-13(9-14(11)18)12(2)21-17(19-3)20-10-16-23-22-15-5-4-8-24(15)16/h6-7,9,12H,4-5,8,10H2,1-3H3,(H2,19,20,21). The molecular weight excluding hydrogens is 307 g/mol. The highest BCUT2D eigenvalue weighted by Gasteiger charge is 2.17. The average Bonchev–Trinajstić information content (AvgIpc) is 3.17. The van der Waals surface area contributed by atoms with Gasteiger partial charge < -0.3 is 15.2 Å². The van der Waals surface area contributed by atoms with Crippen molar-refractivity contribution >= 4 is 5.96 Å². The summed E-state index contributed by atoms with van der Waals surface area (Å²) in [5.41, 5.74) is 1.53. The number of fused-ring (bicyclic) bond motifs is 1. The van der Waals surface area contributed by atoms with Crippen molar-refractivity contribution in [2.45, 2.75) is 45.8 Å². The van der Waals surface area contributed by atoms with Gasteiger partial charge in [-0.2, -0.15) is 0 Å². The van der Waals surface area contributed by atoms with E-state index < -0.39 is 0 Å². The lowest BCUT2D eigenvalue weighted by Crippen LogP contribution is -2.38. The number of nitrogens with one attached hydrogen (secondary N) is 2. The number of hydrogen-bond donors (Lipinski definition) is 2. The smallest absolute Gasteiger partial charge is 0.191 e. The molecule has 2 aromatic rings. The van der Waals surface area contributed by atoms with Crippen molar-refractivity contribution in [3.8, 4) is 0 Å². The molecule has 0 bridgehead atoms. The number of aromatic nitrogens is 3. The molecule has 1 aliphatic rings. The zero-order valence-electron chi connectivity index (χ0n) is 14.3. The molecule has 6 nitrogen and oxygen atoms in total. The van der Waals surface area contributed by atoms with Crippen LogP contribution in [0.1, 0.15) is 42.2 Å². The lowest BCUT2D eigenvalue weighted by Gasteiger charge is -2.18. The van der Waals surface area contributed by atoms with E-state index in [0.29, 0.717) is 18.1 Å².